The molecule has 0 spiro atoms. The molecule has 0 aliphatic carbocycles. The third kappa shape index (κ3) is 3.34. The van der Waals surface area contributed by atoms with Crippen molar-refractivity contribution in [1.82, 2.24) is 4.98 Å². The first-order valence-electron chi connectivity index (χ1n) is 5.02. The van der Waals surface area contributed by atoms with E-state index in [4.69, 9.17) is 0 Å². The van der Waals surface area contributed by atoms with E-state index in [1.54, 1.807) is 18.0 Å². The summed E-state index contributed by atoms with van der Waals surface area (Å²) in [6.45, 7) is 3.84. The summed E-state index contributed by atoms with van der Waals surface area (Å²) in [7, 11) is 1.73. The SMILES string of the molecule is CN(c1cccc(C(F)(F)F)n1)C(C)(C)CBr. The highest BCUT2D eigenvalue weighted by molar-refractivity contribution is 9.09. The molecule has 0 aliphatic heterocycles. The number of hydrogen-bond acceptors (Lipinski definition) is 2. The van der Waals surface area contributed by atoms with Crippen LogP contribution in [0.15, 0.2) is 18.2 Å². The van der Waals surface area contributed by atoms with Crippen molar-refractivity contribution in [3.63, 3.8) is 0 Å². The normalized spacial score (nSPS) is 12.6. The van der Waals surface area contributed by atoms with Gasteiger partial charge in [0.15, 0.2) is 0 Å². The third-order valence-electron chi connectivity index (χ3n) is 2.60. The lowest BCUT2D eigenvalue weighted by atomic mass is 10.1. The van der Waals surface area contributed by atoms with E-state index in [9.17, 15) is 13.2 Å². The number of pyridine rings is 1. The number of hydrogen-bond donors (Lipinski definition) is 0. The average Bonchev–Trinajstić information content (AvgIpc) is 2.27. The molecule has 2 nitrogen and oxygen atoms in total. The molecule has 0 N–H and O–H groups in total. The minimum atomic E-state index is -4.41. The molecule has 0 amide bonds. The maximum absolute atomic E-state index is 12.5. The molecule has 0 saturated heterocycles. The molecule has 0 aromatic carbocycles. The summed E-state index contributed by atoms with van der Waals surface area (Å²) in [5, 5.41) is 0.633. The van der Waals surface area contributed by atoms with Gasteiger partial charge < -0.3 is 4.90 Å². The van der Waals surface area contributed by atoms with Gasteiger partial charge in [-0.2, -0.15) is 13.2 Å². The average molecular weight is 311 g/mol. The topological polar surface area (TPSA) is 16.1 Å². The molecule has 1 rings (SSSR count). The number of nitrogens with zero attached hydrogens (tertiary/aromatic N) is 2. The second-order valence-corrected chi connectivity index (χ2v) is 4.94. The van der Waals surface area contributed by atoms with Gasteiger partial charge in [0.1, 0.15) is 11.5 Å². The Balaban J connectivity index is 3.08. The fourth-order valence-corrected chi connectivity index (χ4v) is 1.54. The van der Waals surface area contributed by atoms with Crippen LogP contribution >= 0.6 is 15.9 Å². The number of anilines is 1. The molecule has 0 atom stereocenters. The third-order valence-corrected chi connectivity index (χ3v) is 3.98. The van der Waals surface area contributed by atoms with E-state index in [0.717, 1.165) is 6.07 Å². The Bertz CT molecular complexity index is 391. The first-order chi connectivity index (χ1) is 7.68. The highest BCUT2D eigenvalue weighted by Gasteiger charge is 2.33. The van der Waals surface area contributed by atoms with Gasteiger partial charge in [0.2, 0.25) is 0 Å². The number of halogens is 4. The maximum atomic E-state index is 12.5. The van der Waals surface area contributed by atoms with E-state index < -0.39 is 11.9 Å². The Morgan fingerprint density at radius 3 is 2.35 bits per heavy atom. The second-order valence-electron chi connectivity index (χ2n) is 4.38. The molecule has 17 heavy (non-hydrogen) atoms. The quantitative estimate of drug-likeness (QED) is 0.791. The van der Waals surface area contributed by atoms with Gasteiger partial charge in [-0.05, 0) is 26.0 Å². The Hall–Kier alpha value is -0.780. The van der Waals surface area contributed by atoms with E-state index >= 15 is 0 Å². The fourth-order valence-electron chi connectivity index (χ4n) is 1.17. The minimum Gasteiger partial charge on any atom is -0.354 e. The molecule has 1 aromatic heterocycles. The molecular weight excluding hydrogens is 297 g/mol. The predicted octanol–water partition coefficient (Wildman–Crippen LogP) is 3.71. The number of rotatable bonds is 3. The fraction of sp³-hybridized carbons (Fsp3) is 0.545. The van der Waals surface area contributed by atoms with Crippen LogP contribution in [0, 0.1) is 0 Å². The zero-order chi connectivity index (χ0) is 13.3. The van der Waals surface area contributed by atoms with E-state index in [0.29, 0.717) is 11.1 Å². The van der Waals surface area contributed by atoms with E-state index in [2.05, 4.69) is 20.9 Å². The largest absolute Gasteiger partial charge is 0.433 e. The van der Waals surface area contributed by atoms with E-state index in [1.165, 1.54) is 6.07 Å². The standard InChI is InChI=1S/C11H14BrF3N2/c1-10(2,7-12)17(3)9-6-4-5-8(16-9)11(13,14)15/h4-6H,7H2,1-3H3. The lowest BCUT2D eigenvalue weighted by molar-refractivity contribution is -0.141. The molecule has 0 unspecified atom stereocenters. The Morgan fingerprint density at radius 1 is 1.29 bits per heavy atom. The zero-order valence-corrected chi connectivity index (χ0v) is 11.4. The highest BCUT2D eigenvalue weighted by Crippen LogP contribution is 2.30. The number of alkyl halides is 4. The van der Waals surface area contributed by atoms with Gasteiger partial charge in [0.05, 0.1) is 0 Å². The van der Waals surface area contributed by atoms with Crippen LogP contribution in [0.5, 0.6) is 0 Å². The van der Waals surface area contributed by atoms with Gasteiger partial charge in [0.25, 0.3) is 0 Å². The van der Waals surface area contributed by atoms with Crippen molar-refractivity contribution in [2.24, 2.45) is 0 Å². The second kappa shape index (κ2) is 4.84. The van der Waals surface area contributed by atoms with Crippen LogP contribution < -0.4 is 4.90 Å². The molecule has 0 saturated carbocycles. The van der Waals surface area contributed by atoms with Crippen molar-refractivity contribution >= 4 is 21.7 Å². The van der Waals surface area contributed by atoms with Crippen molar-refractivity contribution in [2.75, 3.05) is 17.3 Å². The molecule has 0 aliphatic rings. The van der Waals surface area contributed by atoms with Gasteiger partial charge >= 0.3 is 6.18 Å². The molecule has 96 valence electrons. The Morgan fingerprint density at radius 2 is 1.88 bits per heavy atom. The predicted molar refractivity (Wildman–Crippen MR) is 65.5 cm³/mol. The molecular formula is C11H14BrF3N2. The first kappa shape index (κ1) is 14.3. The van der Waals surface area contributed by atoms with Crippen LogP contribution in [0.2, 0.25) is 0 Å². The maximum Gasteiger partial charge on any atom is 0.433 e. The van der Waals surface area contributed by atoms with Crippen molar-refractivity contribution in [2.45, 2.75) is 25.6 Å². The Labute approximate surface area is 107 Å². The lowest BCUT2D eigenvalue weighted by Crippen LogP contribution is -2.43. The van der Waals surface area contributed by atoms with Gasteiger partial charge in [-0.25, -0.2) is 4.98 Å². The van der Waals surface area contributed by atoms with Crippen LogP contribution in [0.25, 0.3) is 0 Å². The monoisotopic (exact) mass is 310 g/mol. The molecule has 6 heteroatoms. The summed E-state index contributed by atoms with van der Waals surface area (Å²) in [6.07, 6.45) is -4.41. The smallest absolute Gasteiger partial charge is 0.354 e. The van der Waals surface area contributed by atoms with Crippen molar-refractivity contribution < 1.29 is 13.2 Å². The number of aromatic nitrogens is 1. The van der Waals surface area contributed by atoms with Crippen LogP contribution in [-0.2, 0) is 6.18 Å². The lowest BCUT2D eigenvalue weighted by Gasteiger charge is -2.35. The van der Waals surface area contributed by atoms with Crippen LogP contribution in [0.3, 0.4) is 0 Å². The van der Waals surface area contributed by atoms with Gasteiger partial charge in [-0.3, -0.25) is 0 Å². The van der Waals surface area contributed by atoms with Gasteiger partial charge in [-0.15, -0.1) is 0 Å². The van der Waals surface area contributed by atoms with Crippen molar-refractivity contribution in [3.8, 4) is 0 Å². The van der Waals surface area contributed by atoms with E-state index in [1.807, 2.05) is 13.8 Å². The van der Waals surface area contributed by atoms with E-state index in [-0.39, 0.29) is 5.54 Å². The minimum absolute atomic E-state index is 0.308. The first-order valence-corrected chi connectivity index (χ1v) is 6.14. The zero-order valence-electron chi connectivity index (χ0n) is 9.85. The summed E-state index contributed by atoms with van der Waals surface area (Å²) in [5.41, 5.74) is -1.18. The highest BCUT2D eigenvalue weighted by atomic mass is 79.9. The molecule has 0 bridgehead atoms. The molecule has 0 fully saturated rings. The summed E-state index contributed by atoms with van der Waals surface area (Å²) >= 11 is 3.34. The van der Waals surface area contributed by atoms with Crippen molar-refractivity contribution in [1.29, 1.82) is 0 Å². The van der Waals surface area contributed by atoms with Gasteiger partial charge in [0, 0.05) is 17.9 Å². The molecule has 1 aromatic rings. The van der Waals surface area contributed by atoms with Gasteiger partial charge in [-0.1, -0.05) is 22.0 Å². The molecule has 0 radical (unpaired) electrons. The van der Waals surface area contributed by atoms with Crippen molar-refractivity contribution in [3.05, 3.63) is 23.9 Å². The summed E-state index contributed by atoms with van der Waals surface area (Å²) in [6, 6.07) is 3.91. The summed E-state index contributed by atoms with van der Waals surface area (Å²) in [4.78, 5) is 5.36. The Kier molecular flexibility index (Phi) is 4.06. The summed E-state index contributed by atoms with van der Waals surface area (Å²) < 4.78 is 37.6. The summed E-state index contributed by atoms with van der Waals surface area (Å²) in [5.74, 6) is 0.310. The van der Waals surface area contributed by atoms with Crippen LogP contribution in [0.1, 0.15) is 19.5 Å². The molecule has 1 heterocycles. The van der Waals surface area contributed by atoms with Crippen LogP contribution in [0.4, 0.5) is 19.0 Å². The van der Waals surface area contributed by atoms with Crippen LogP contribution in [-0.4, -0.2) is 22.9 Å².